The van der Waals surface area contributed by atoms with Crippen LogP contribution < -0.4 is 0 Å². The number of ether oxygens (including phenoxy) is 1. The fourth-order valence-electron chi connectivity index (χ4n) is 3.26. The van der Waals surface area contributed by atoms with E-state index in [1.807, 2.05) is 24.3 Å². The molecular weight excluding hydrogens is 326 g/mol. The van der Waals surface area contributed by atoms with Gasteiger partial charge in [0.2, 0.25) is 5.89 Å². The van der Waals surface area contributed by atoms with Crippen molar-refractivity contribution in [2.45, 2.75) is 44.7 Å². The number of hydrogen-bond donors (Lipinski definition) is 0. The van der Waals surface area contributed by atoms with Crippen molar-refractivity contribution < 1.29 is 9.26 Å². The molecule has 1 fully saturated rings. The van der Waals surface area contributed by atoms with Crippen molar-refractivity contribution in [2.24, 2.45) is 0 Å². The largest absolute Gasteiger partial charge is 0.385 e. The van der Waals surface area contributed by atoms with Crippen molar-refractivity contribution in [3.8, 4) is 0 Å². The molecule has 0 saturated carbocycles. The van der Waals surface area contributed by atoms with E-state index in [1.54, 1.807) is 7.11 Å². The van der Waals surface area contributed by atoms with Crippen LogP contribution in [0.2, 0.25) is 5.02 Å². The zero-order valence-corrected chi connectivity index (χ0v) is 14.8. The molecule has 2 heterocycles. The van der Waals surface area contributed by atoms with Crippen LogP contribution in [0.1, 0.15) is 43.0 Å². The summed E-state index contributed by atoms with van der Waals surface area (Å²) in [5, 5.41) is 4.84. The predicted molar refractivity (Wildman–Crippen MR) is 93.1 cm³/mol. The summed E-state index contributed by atoms with van der Waals surface area (Å²) in [6.07, 6.45) is 5.37. The van der Waals surface area contributed by atoms with Crippen molar-refractivity contribution in [2.75, 3.05) is 20.3 Å². The maximum Gasteiger partial charge on any atom is 0.240 e. The summed E-state index contributed by atoms with van der Waals surface area (Å²) in [7, 11) is 1.76. The topological polar surface area (TPSA) is 51.4 Å². The van der Waals surface area contributed by atoms with E-state index in [4.69, 9.17) is 20.9 Å². The van der Waals surface area contributed by atoms with Crippen LogP contribution in [0.3, 0.4) is 0 Å². The second kappa shape index (κ2) is 8.60. The maximum absolute atomic E-state index is 6.20. The number of nitrogens with zero attached hydrogens (tertiary/aromatic N) is 3. The summed E-state index contributed by atoms with van der Waals surface area (Å²) < 4.78 is 10.7. The Bertz CT molecular complexity index is 647. The van der Waals surface area contributed by atoms with E-state index in [1.165, 1.54) is 19.3 Å². The Morgan fingerprint density at radius 3 is 3.04 bits per heavy atom. The van der Waals surface area contributed by atoms with Crippen LogP contribution in [0.15, 0.2) is 28.8 Å². The Morgan fingerprint density at radius 2 is 2.21 bits per heavy atom. The molecule has 0 bridgehead atoms. The highest BCUT2D eigenvalue weighted by molar-refractivity contribution is 6.31. The Morgan fingerprint density at radius 1 is 1.33 bits per heavy atom. The Balaban J connectivity index is 1.61. The first-order valence-electron chi connectivity index (χ1n) is 8.54. The van der Waals surface area contributed by atoms with Gasteiger partial charge in [-0.05, 0) is 37.4 Å². The first kappa shape index (κ1) is 17.4. The molecule has 24 heavy (non-hydrogen) atoms. The lowest BCUT2D eigenvalue weighted by Gasteiger charge is -2.34. The fourth-order valence-corrected chi connectivity index (χ4v) is 3.46. The maximum atomic E-state index is 6.20. The molecule has 0 spiro atoms. The molecule has 130 valence electrons. The lowest BCUT2D eigenvalue weighted by atomic mass is 10.00. The molecule has 0 N–H and O–H groups in total. The van der Waals surface area contributed by atoms with Crippen LogP contribution >= 0.6 is 11.6 Å². The van der Waals surface area contributed by atoms with Crippen LogP contribution in [-0.2, 0) is 17.7 Å². The van der Waals surface area contributed by atoms with E-state index >= 15 is 0 Å². The summed E-state index contributed by atoms with van der Waals surface area (Å²) in [5.74, 6) is 1.37. The van der Waals surface area contributed by atoms with Crippen molar-refractivity contribution in [3.05, 3.63) is 46.6 Å². The molecule has 5 nitrogen and oxygen atoms in total. The van der Waals surface area contributed by atoms with Crippen LogP contribution in [0.25, 0.3) is 0 Å². The average Bonchev–Trinajstić information content (AvgIpc) is 3.03. The molecule has 3 rings (SSSR count). The number of aromatic nitrogens is 2. The number of rotatable bonds is 7. The highest BCUT2D eigenvalue weighted by atomic mass is 35.5. The number of likely N-dealkylation sites (tertiary alicyclic amines) is 1. The second-order valence-electron chi connectivity index (χ2n) is 6.27. The van der Waals surface area contributed by atoms with Crippen LogP contribution in [0.4, 0.5) is 0 Å². The second-order valence-corrected chi connectivity index (χ2v) is 6.68. The molecule has 1 atom stereocenters. The number of halogens is 1. The van der Waals surface area contributed by atoms with Crippen molar-refractivity contribution >= 4 is 11.6 Å². The molecular formula is C18H24ClN3O2. The fraction of sp³-hybridized carbons (Fsp3) is 0.556. The van der Waals surface area contributed by atoms with E-state index in [2.05, 4.69) is 15.0 Å². The molecule has 0 aliphatic carbocycles. The van der Waals surface area contributed by atoms with Gasteiger partial charge in [0, 0.05) is 31.2 Å². The minimum absolute atomic E-state index is 0.539. The third kappa shape index (κ3) is 4.56. The summed E-state index contributed by atoms with van der Waals surface area (Å²) >= 11 is 6.20. The first-order valence-corrected chi connectivity index (χ1v) is 8.92. The number of piperidine rings is 1. The smallest absolute Gasteiger partial charge is 0.240 e. The van der Waals surface area contributed by atoms with E-state index in [9.17, 15) is 0 Å². The Kier molecular flexibility index (Phi) is 6.24. The highest BCUT2D eigenvalue weighted by Crippen LogP contribution is 2.22. The van der Waals surface area contributed by atoms with Gasteiger partial charge < -0.3 is 9.26 Å². The molecule has 2 aromatic rings. The standard InChI is InChI=1S/C18H24ClN3O2/c1-23-11-9-15-7-4-5-10-22(15)13-18-20-17(21-24-18)12-14-6-2-3-8-16(14)19/h2-3,6,8,15H,4-5,7,9-13H2,1H3. The van der Waals surface area contributed by atoms with Crippen LogP contribution in [-0.4, -0.2) is 41.3 Å². The van der Waals surface area contributed by atoms with E-state index < -0.39 is 0 Å². The van der Waals surface area contributed by atoms with Gasteiger partial charge >= 0.3 is 0 Å². The Labute approximate surface area is 147 Å². The molecule has 1 aromatic heterocycles. The van der Waals surface area contributed by atoms with Gasteiger partial charge in [0.1, 0.15) is 0 Å². The number of benzene rings is 1. The minimum atomic E-state index is 0.539. The number of methoxy groups -OCH3 is 1. The lowest BCUT2D eigenvalue weighted by Crippen LogP contribution is -2.39. The van der Waals surface area contributed by atoms with Gasteiger partial charge in [0.25, 0.3) is 0 Å². The summed E-state index contributed by atoms with van der Waals surface area (Å²) in [6.45, 7) is 2.59. The van der Waals surface area contributed by atoms with E-state index in [0.717, 1.165) is 30.2 Å². The zero-order chi connectivity index (χ0) is 16.8. The summed E-state index contributed by atoms with van der Waals surface area (Å²) in [5.41, 5.74) is 1.02. The molecule has 1 unspecified atom stereocenters. The highest BCUT2D eigenvalue weighted by Gasteiger charge is 2.24. The van der Waals surface area contributed by atoms with Gasteiger partial charge in [-0.3, -0.25) is 4.90 Å². The zero-order valence-electron chi connectivity index (χ0n) is 14.1. The normalized spacial score (nSPS) is 18.8. The number of hydrogen-bond acceptors (Lipinski definition) is 5. The van der Waals surface area contributed by atoms with Crippen molar-refractivity contribution in [1.29, 1.82) is 0 Å². The molecule has 0 radical (unpaired) electrons. The van der Waals surface area contributed by atoms with Crippen molar-refractivity contribution in [3.63, 3.8) is 0 Å². The van der Waals surface area contributed by atoms with E-state index in [0.29, 0.717) is 30.7 Å². The molecule has 1 aliphatic rings. The van der Waals surface area contributed by atoms with Gasteiger partial charge in [-0.25, -0.2) is 0 Å². The van der Waals surface area contributed by atoms with Crippen molar-refractivity contribution in [1.82, 2.24) is 15.0 Å². The van der Waals surface area contributed by atoms with Gasteiger partial charge in [0.15, 0.2) is 5.82 Å². The monoisotopic (exact) mass is 349 g/mol. The molecule has 1 aliphatic heterocycles. The van der Waals surface area contributed by atoms with E-state index in [-0.39, 0.29) is 0 Å². The molecule has 1 aromatic carbocycles. The molecule has 1 saturated heterocycles. The van der Waals surface area contributed by atoms with Gasteiger partial charge in [0.05, 0.1) is 6.54 Å². The average molecular weight is 350 g/mol. The first-order chi connectivity index (χ1) is 11.8. The lowest BCUT2D eigenvalue weighted by molar-refractivity contribution is 0.0882. The SMILES string of the molecule is COCCC1CCCCN1Cc1nc(Cc2ccccc2Cl)no1. The van der Waals surface area contributed by atoms with Crippen LogP contribution in [0, 0.1) is 0 Å². The third-order valence-electron chi connectivity index (χ3n) is 4.56. The van der Waals surface area contributed by atoms with Crippen LogP contribution in [0.5, 0.6) is 0 Å². The quantitative estimate of drug-likeness (QED) is 0.762. The Hall–Kier alpha value is -1.43. The third-order valence-corrected chi connectivity index (χ3v) is 4.93. The summed E-state index contributed by atoms with van der Waals surface area (Å²) in [4.78, 5) is 6.99. The predicted octanol–water partition coefficient (Wildman–Crippen LogP) is 3.70. The van der Waals surface area contributed by atoms with Gasteiger partial charge in [-0.1, -0.05) is 41.4 Å². The van der Waals surface area contributed by atoms with Gasteiger partial charge in [-0.15, -0.1) is 0 Å². The summed E-state index contributed by atoms with van der Waals surface area (Å²) in [6, 6.07) is 8.30. The molecule has 0 amide bonds. The van der Waals surface area contributed by atoms with Gasteiger partial charge in [-0.2, -0.15) is 4.98 Å². The molecule has 6 heteroatoms. The minimum Gasteiger partial charge on any atom is -0.385 e.